The third kappa shape index (κ3) is 2.82. The highest BCUT2D eigenvalue weighted by atomic mass is 16.4. The number of nitrogen functional groups attached to an aromatic ring is 1. The molecule has 0 saturated carbocycles. The van der Waals surface area contributed by atoms with Crippen LogP contribution in [0.1, 0.15) is 16.2 Å². The van der Waals surface area contributed by atoms with Crippen molar-refractivity contribution in [2.75, 3.05) is 17.6 Å². The molecule has 0 spiro atoms. The molecule has 2 aromatic heterocycles. The molecule has 0 saturated heterocycles. The number of carboxylic acids is 1. The van der Waals surface area contributed by atoms with Crippen molar-refractivity contribution in [2.45, 2.75) is 6.42 Å². The highest BCUT2D eigenvalue weighted by molar-refractivity contribution is 5.96. The molecule has 0 atom stereocenters. The van der Waals surface area contributed by atoms with Crippen molar-refractivity contribution in [3.05, 3.63) is 36.0 Å². The number of nitrogens with two attached hydrogens (primary N) is 1. The Kier molecular flexibility index (Phi) is 3.65. The molecule has 2 aromatic rings. The minimum absolute atomic E-state index is 0.0505. The molecule has 0 bridgehead atoms. The van der Waals surface area contributed by atoms with Crippen LogP contribution in [0.4, 0.5) is 11.5 Å². The van der Waals surface area contributed by atoms with E-state index in [9.17, 15) is 4.79 Å². The molecular formula is C12H15N5O2. The SMILES string of the molecule is Cn1ccnc1CCNc1nccc(C(=O)O)c1N. The van der Waals surface area contributed by atoms with Crippen LogP contribution in [0.15, 0.2) is 24.7 Å². The van der Waals surface area contributed by atoms with Crippen LogP contribution in [0.3, 0.4) is 0 Å². The molecule has 0 aromatic carbocycles. The molecule has 2 rings (SSSR count). The van der Waals surface area contributed by atoms with E-state index >= 15 is 0 Å². The van der Waals surface area contributed by atoms with Crippen LogP contribution in [0.5, 0.6) is 0 Å². The van der Waals surface area contributed by atoms with Crippen LogP contribution >= 0.6 is 0 Å². The molecule has 7 nitrogen and oxygen atoms in total. The van der Waals surface area contributed by atoms with Gasteiger partial charge in [-0.2, -0.15) is 0 Å². The lowest BCUT2D eigenvalue weighted by molar-refractivity contribution is 0.0698. The highest BCUT2D eigenvalue weighted by Crippen LogP contribution is 2.19. The number of aromatic carboxylic acids is 1. The van der Waals surface area contributed by atoms with Crippen LogP contribution in [0.25, 0.3) is 0 Å². The molecule has 0 fully saturated rings. The fourth-order valence-electron chi connectivity index (χ4n) is 1.73. The Labute approximate surface area is 110 Å². The average molecular weight is 261 g/mol. The van der Waals surface area contributed by atoms with Gasteiger partial charge in [0.1, 0.15) is 11.6 Å². The number of nitrogens with zero attached hydrogens (tertiary/aromatic N) is 3. The maximum Gasteiger partial charge on any atom is 0.337 e. The lowest BCUT2D eigenvalue weighted by Crippen LogP contribution is -2.13. The topological polar surface area (TPSA) is 106 Å². The fourth-order valence-corrected chi connectivity index (χ4v) is 1.73. The van der Waals surface area contributed by atoms with E-state index in [1.807, 2.05) is 17.8 Å². The normalized spacial score (nSPS) is 10.4. The smallest absolute Gasteiger partial charge is 0.337 e. The summed E-state index contributed by atoms with van der Waals surface area (Å²) in [6.45, 7) is 0.575. The minimum Gasteiger partial charge on any atom is -0.478 e. The molecule has 0 aliphatic heterocycles. The predicted octanol–water partition coefficient (Wildman–Crippen LogP) is 0.750. The summed E-state index contributed by atoms with van der Waals surface area (Å²) >= 11 is 0. The van der Waals surface area contributed by atoms with Gasteiger partial charge in [0.25, 0.3) is 0 Å². The molecular weight excluding hydrogens is 246 g/mol. The summed E-state index contributed by atoms with van der Waals surface area (Å²) in [5, 5.41) is 12.0. The number of nitrogens with one attached hydrogen (secondary N) is 1. The number of rotatable bonds is 5. The highest BCUT2D eigenvalue weighted by Gasteiger charge is 2.11. The zero-order valence-corrected chi connectivity index (χ0v) is 10.5. The Morgan fingerprint density at radius 1 is 1.47 bits per heavy atom. The largest absolute Gasteiger partial charge is 0.478 e. The number of imidazole rings is 1. The molecule has 0 aliphatic carbocycles. The number of hydrogen-bond donors (Lipinski definition) is 3. The maximum absolute atomic E-state index is 10.9. The molecule has 0 unspecified atom stereocenters. The van der Waals surface area contributed by atoms with Gasteiger partial charge in [-0.1, -0.05) is 0 Å². The number of anilines is 2. The Hall–Kier alpha value is -2.57. The molecule has 0 amide bonds. The summed E-state index contributed by atoms with van der Waals surface area (Å²) in [6.07, 6.45) is 5.71. The minimum atomic E-state index is -1.06. The molecule has 0 radical (unpaired) electrons. The zero-order valence-electron chi connectivity index (χ0n) is 10.5. The summed E-state index contributed by atoms with van der Waals surface area (Å²) in [7, 11) is 1.92. The number of carbonyl (C=O) groups is 1. The van der Waals surface area contributed by atoms with E-state index in [2.05, 4.69) is 15.3 Å². The molecule has 100 valence electrons. The summed E-state index contributed by atoms with van der Waals surface area (Å²) in [5.74, 6) is 0.252. The molecule has 7 heteroatoms. The van der Waals surface area contributed by atoms with Crippen LogP contribution in [0.2, 0.25) is 0 Å². The van der Waals surface area contributed by atoms with Crippen molar-refractivity contribution < 1.29 is 9.90 Å². The monoisotopic (exact) mass is 261 g/mol. The van der Waals surface area contributed by atoms with E-state index in [-0.39, 0.29) is 11.3 Å². The number of pyridine rings is 1. The first kappa shape index (κ1) is 12.9. The van der Waals surface area contributed by atoms with Gasteiger partial charge in [-0.25, -0.2) is 14.8 Å². The molecule has 2 heterocycles. The molecule has 19 heavy (non-hydrogen) atoms. The third-order valence-corrected chi connectivity index (χ3v) is 2.78. The van der Waals surface area contributed by atoms with E-state index in [1.165, 1.54) is 12.3 Å². The second kappa shape index (κ2) is 5.38. The molecule has 4 N–H and O–H groups in total. The van der Waals surface area contributed by atoms with Crippen molar-refractivity contribution in [3.63, 3.8) is 0 Å². The lowest BCUT2D eigenvalue weighted by atomic mass is 10.2. The standard InChI is InChI=1S/C12H15N5O2/c1-17-7-6-14-9(17)3-5-16-11-10(13)8(12(18)19)2-4-15-11/h2,4,6-7H,3,5,13H2,1H3,(H,15,16)(H,18,19). The first-order valence-corrected chi connectivity index (χ1v) is 5.77. The van der Waals surface area contributed by atoms with Crippen LogP contribution < -0.4 is 11.1 Å². The van der Waals surface area contributed by atoms with Crippen molar-refractivity contribution >= 4 is 17.5 Å². The van der Waals surface area contributed by atoms with Gasteiger partial charge >= 0.3 is 5.97 Å². The summed E-state index contributed by atoms with van der Waals surface area (Å²) in [4.78, 5) is 19.2. The van der Waals surface area contributed by atoms with Crippen LogP contribution in [0, 0.1) is 0 Å². The van der Waals surface area contributed by atoms with Crippen molar-refractivity contribution in [1.82, 2.24) is 14.5 Å². The van der Waals surface area contributed by atoms with E-state index in [1.54, 1.807) is 6.20 Å². The van der Waals surface area contributed by atoms with Crippen LogP contribution in [-0.2, 0) is 13.5 Å². The molecule has 0 aliphatic rings. The van der Waals surface area contributed by atoms with Gasteiger partial charge in [-0.3, -0.25) is 0 Å². The van der Waals surface area contributed by atoms with Gasteiger partial charge in [0.2, 0.25) is 0 Å². The van der Waals surface area contributed by atoms with Crippen LogP contribution in [-0.4, -0.2) is 32.2 Å². The maximum atomic E-state index is 10.9. The summed E-state index contributed by atoms with van der Waals surface area (Å²) in [5.41, 5.74) is 5.95. The van der Waals surface area contributed by atoms with E-state index < -0.39 is 5.97 Å². The van der Waals surface area contributed by atoms with Gasteiger partial charge in [0.05, 0.1) is 11.3 Å². The zero-order chi connectivity index (χ0) is 13.8. The van der Waals surface area contributed by atoms with E-state index in [4.69, 9.17) is 10.8 Å². The van der Waals surface area contributed by atoms with Gasteiger partial charge in [0.15, 0.2) is 0 Å². The number of aryl methyl sites for hydroxylation is 1. The van der Waals surface area contributed by atoms with Crippen molar-refractivity contribution in [3.8, 4) is 0 Å². The van der Waals surface area contributed by atoms with Crippen molar-refractivity contribution in [1.29, 1.82) is 0 Å². The average Bonchev–Trinajstić information content (AvgIpc) is 2.77. The van der Waals surface area contributed by atoms with Crippen molar-refractivity contribution in [2.24, 2.45) is 7.05 Å². The Bertz CT molecular complexity index is 594. The quantitative estimate of drug-likeness (QED) is 0.733. The lowest BCUT2D eigenvalue weighted by Gasteiger charge is -2.09. The van der Waals surface area contributed by atoms with Gasteiger partial charge in [-0.15, -0.1) is 0 Å². The summed E-state index contributed by atoms with van der Waals surface area (Å²) in [6, 6.07) is 1.38. The number of hydrogen-bond acceptors (Lipinski definition) is 5. The number of aromatic nitrogens is 3. The van der Waals surface area contributed by atoms with E-state index in [0.29, 0.717) is 18.8 Å². The predicted molar refractivity (Wildman–Crippen MR) is 71.0 cm³/mol. The third-order valence-electron chi connectivity index (χ3n) is 2.78. The van der Waals surface area contributed by atoms with Gasteiger partial charge in [-0.05, 0) is 6.07 Å². The number of carboxylic acid groups (broad SMARTS) is 1. The first-order chi connectivity index (χ1) is 9.09. The first-order valence-electron chi connectivity index (χ1n) is 5.77. The van der Waals surface area contributed by atoms with Gasteiger partial charge in [0, 0.05) is 38.6 Å². The second-order valence-electron chi connectivity index (χ2n) is 4.06. The Morgan fingerprint density at radius 2 is 2.26 bits per heavy atom. The fraction of sp³-hybridized carbons (Fsp3) is 0.250. The second-order valence-corrected chi connectivity index (χ2v) is 4.06. The summed E-state index contributed by atoms with van der Waals surface area (Å²) < 4.78 is 1.92. The Morgan fingerprint density at radius 3 is 2.89 bits per heavy atom. The Balaban J connectivity index is 2.02. The van der Waals surface area contributed by atoms with Gasteiger partial charge < -0.3 is 20.7 Å². The van der Waals surface area contributed by atoms with E-state index in [0.717, 1.165) is 5.82 Å².